The minimum absolute atomic E-state index is 0.362. The van der Waals surface area contributed by atoms with Gasteiger partial charge < -0.3 is 10.1 Å². The number of thioether (sulfide) groups is 1. The maximum absolute atomic E-state index is 10.6. The van der Waals surface area contributed by atoms with E-state index in [1.165, 1.54) is 11.8 Å². The summed E-state index contributed by atoms with van der Waals surface area (Å²) in [6.07, 6.45) is 0.761. The van der Waals surface area contributed by atoms with E-state index in [1.54, 1.807) is 6.92 Å². The Morgan fingerprint density at radius 2 is 2.29 bits per heavy atom. The van der Waals surface area contributed by atoms with Crippen LogP contribution in [0.3, 0.4) is 0 Å². The number of hydrogen-bond donors (Lipinski definition) is 2. The molecule has 2 rings (SSSR count). The molecule has 17 heavy (non-hydrogen) atoms. The lowest BCUT2D eigenvalue weighted by molar-refractivity contribution is -0.136. The molecule has 0 spiro atoms. The number of para-hydroxylation sites is 2. The number of carboxylic acid groups (broad SMARTS) is 1. The van der Waals surface area contributed by atoms with Crippen LogP contribution in [0, 0.1) is 0 Å². The molecular weight excluding hydrogens is 236 g/mol. The average Bonchev–Trinajstić information content (AvgIpc) is 2.71. The predicted molar refractivity (Wildman–Crippen MR) is 69.4 cm³/mol. The Hall–Kier alpha value is -1.49. The maximum Gasteiger partial charge on any atom is 0.316 e. The van der Waals surface area contributed by atoms with Crippen LogP contribution in [0.2, 0.25) is 0 Å². The van der Waals surface area contributed by atoms with Crippen molar-refractivity contribution >= 4 is 28.8 Å². The van der Waals surface area contributed by atoms with Crippen molar-refractivity contribution < 1.29 is 9.90 Å². The largest absolute Gasteiger partial charge is 0.480 e. The van der Waals surface area contributed by atoms with E-state index in [-0.39, 0.29) is 5.25 Å². The number of nitrogens with one attached hydrogen (secondary N) is 1. The van der Waals surface area contributed by atoms with Crippen LogP contribution in [-0.2, 0) is 11.2 Å². The van der Waals surface area contributed by atoms with Crippen LogP contribution < -0.4 is 0 Å². The van der Waals surface area contributed by atoms with E-state index in [0.717, 1.165) is 29.0 Å². The van der Waals surface area contributed by atoms with Gasteiger partial charge in [-0.25, -0.2) is 4.98 Å². The Labute approximate surface area is 103 Å². The number of fused-ring (bicyclic) bond motifs is 1. The fraction of sp³-hybridized carbons (Fsp3) is 0.333. The van der Waals surface area contributed by atoms with Crippen molar-refractivity contribution in [3.63, 3.8) is 0 Å². The number of rotatable bonds is 5. The lowest BCUT2D eigenvalue weighted by Crippen LogP contribution is -2.12. The summed E-state index contributed by atoms with van der Waals surface area (Å²) in [6, 6.07) is 7.86. The van der Waals surface area contributed by atoms with Crippen molar-refractivity contribution in [2.75, 3.05) is 5.75 Å². The third-order valence-electron chi connectivity index (χ3n) is 2.49. The van der Waals surface area contributed by atoms with Crippen molar-refractivity contribution in [3.05, 3.63) is 30.1 Å². The van der Waals surface area contributed by atoms with Crippen LogP contribution in [0.25, 0.3) is 11.0 Å². The number of H-pyrrole nitrogens is 1. The molecule has 0 amide bonds. The number of aromatic nitrogens is 2. The highest BCUT2D eigenvalue weighted by Crippen LogP contribution is 2.14. The van der Waals surface area contributed by atoms with Crippen molar-refractivity contribution in [2.24, 2.45) is 0 Å². The molecule has 1 aromatic heterocycles. The van der Waals surface area contributed by atoms with Crippen LogP contribution >= 0.6 is 11.8 Å². The predicted octanol–water partition coefficient (Wildman–Crippen LogP) is 2.31. The van der Waals surface area contributed by atoms with Gasteiger partial charge in [-0.05, 0) is 19.1 Å². The highest BCUT2D eigenvalue weighted by atomic mass is 32.2. The highest BCUT2D eigenvalue weighted by Gasteiger charge is 2.11. The lowest BCUT2D eigenvalue weighted by Gasteiger charge is -2.03. The van der Waals surface area contributed by atoms with Gasteiger partial charge in [-0.3, -0.25) is 4.79 Å². The van der Waals surface area contributed by atoms with Crippen molar-refractivity contribution in [1.82, 2.24) is 9.97 Å². The zero-order valence-corrected chi connectivity index (χ0v) is 10.3. The zero-order valence-electron chi connectivity index (χ0n) is 9.51. The quantitative estimate of drug-likeness (QED) is 0.854. The normalized spacial score (nSPS) is 12.8. The Kier molecular flexibility index (Phi) is 3.68. The molecule has 2 N–H and O–H groups in total. The molecule has 90 valence electrons. The Bertz CT molecular complexity index is 491. The van der Waals surface area contributed by atoms with Crippen LogP contribution in [0.5, 0.6) is 0 Å². The summed E-state index contributed by atoms with van der Waals surface area (Å²) < 4.78 is 0. The molecule has 0 aliphatic carbocycles. The second kappa shape index (κ2) is 5.23. The average molecular weight is 250 g/mol. The zero-order chi connectivity index (χ0) is 12.3. The first-order chi connectivity index (χ1) is 8.16. The SMILES string of the molecule is CC(SCCc1nc2ccccc2[nH]1)C(=O)O. The van der Waals surface area contributed by atoms with Gasteiger partial charge in [0.25, 0.3) is 0 Å². The summed E-state index contributed by atoms with van der Waals surface area (Å²) in [4.78, 5) is 18.3. The van der Waals surface area contributed by atoms with Gasteiger partial charge >= 0.3 is 5.97 Å². The smallest absolute Gasteiger partial charge is 0.316 e. The summed E-state index contributed by atoms with van der Waals surface area (Å²) in [5, 5.41) is 8.39. The highest BCUT2D eigenvalue weighted by molar-refractivity contribution is 8.00. The molecule has 1 unspecified atom stereocenters. The lowest BCUT2D eigenvalue weighted by atomic mass is 10.3. The van der Waals surface area contributed by atoms with Crippen molar-refractivity contribution in [1.29, 1.82) is 0 Å². The van der Waals surface area contributed by atoms with E-state index in [4.69, 9.17) is 5.11 Å². The molecule has 0 saturated carbocycles. The number of aryl methyl sites for hydroxylation is 1. The minimum Gasteiger partial charge on any atom is -0.480 e. The van der Waals surface area contributed by atoms with Crippen LogP contribution in [0.4, 0.5) is 0 Å². The van der Waals surface area contributed by atoms with Gasteiger partial charge in [0.05, 0.1) is 16.3 Å². The molecule has 1 atom stereocenters. The van der Waals surface area contributed by atoms with Crippen LogP contribution in [0.15, 0.2) is 24.3 Å². The van der Waals surface area contributed by atoms with Gasteiger partial charge in [0.1, 0.15) is 5.82 Å². The number of hydrogen-bond acceptors (Lipinski definition) is 3. The fourth-order valence-electron chi connectivity index (χ4n) is 1.53. The number of aromatic amines is 1. The standard InChI is InChI=1S/C12H14N2O2S/c1-8(12(15)16)17-7-6-11-13-9-4-2-3-5-10(9)14-11/h2-5,8H,6-7H2,1H3,(H,13,14)(H,15,16). The van der Waals surface area contributed by atoms with Gasteiger partial charge in [-0.15, -0.1) is 11.8 Å². The number of aliphatic carboxylic acids is 1. The molecule has 0 saturated heterocycles. The second-order valence-corrected chi connectivity index (χ2v) is 5.25. The number of carboxylic acids is 1. The van der Waals surface area contributed by atoms with Crippen molar-refractivity contribution in [3.8, 4) is 0 Å². The number of benzene rings is 1. The Morgan fingerprint density at radius 3 is 3.00 bits per heavy atom. The molecule has 1 aromatic carbocycles. The molecule has 1 heterocycles. The van der Waals surface area contributed by atoms with Crippen molar-refractivity contribution in [2.45, 2.75) is 18.6 Å². The fourth-order valence-corrected chi connectivity index (χ4v) is 2.34. The molecule has 0 aliphatic heterocycles. The number of nitrogens with zero attached hydrogens (tertiary/aromatic N) is 1. The monoisotopic (exact) mass is 250 g/mol. The van der Waals surface area contributed by atoms with E-state index in [1.807, 2.05) is 24.3 Å². The third kappa shape index (κ3) is 3.00. The summed E-state index contributed by atoms with van der Waals surface area (Å²) >= 11 is 1.43. The second-order valence-electron chi connectivity index (χ2n) is 3.80. The van der Waals surface area contributed by atoms with E-state index in [2.05, 4.69) is 9.97 Å². The van der Waals surface area contributed by atoms with E-state index in [9.17, 15) is 4.79 Å². The first-order valence-electron chi connectivity index (χ1n) is 5.45. The summed E-state index contributed by atoms with van der Waals surface area (Å²) in [5.74, 6) is 0.906. The maximum atomic E-state index is 10.6. The topological polar surface area (TPSA) is 66.0 Å². The first-order valence-corrected chi connectivity index (χ1v) is 6.50. The summed E-state index contributed by atoms with van der Waals surface area (Å²) in [6.45, 7) is 1.70. The van der Waals surface area contributed by atoms with Gasteiger partial charge in [-0.2, -0.15) is 0 Å². The molecule has 0 fully saturated rings. The minimum atomic E-state index is -0.764. The van der Waals surface area contributed by atoms with Gasteiger partial charge in [0, 0.05) is 12.2 Å². The van der Waals surface area contributed by atoms with Gasteiger partial charge in [0.15, 0.2) is 0 Å². The molecule has 4 nitrogen and oxygen atoms in total. The summed E-state index contributed by atoms with van der Waals surface area (Å²) in [5.41, 5.74) is 1.98. The van der Waals surface area contributed by atoms with Crippen LogP contribution in [0.1, 0.15) is 12.7 Å². The van der Waals surface area contributed by atoms with Crippen LogP contribution in [-0.4, -0.2) is 32.0 Å². The van der Waals surface area contributed by atoms with E-state index < -0.39 is 5.97 Å². The first kappa shape index (κ1) is 12.0. The van der Waals surface area contributed by atoms with Gasteiger partial charge in [0.2, 0.25) is 0 Å². The van der Waals surface area contributed by atoms with Gasteiger partial charge in [-0.1, -0.05) is 12.1 Å². The third-order valence-corrected chi connectivity index (χ3v) is 3.63. The molecule has 0 aliphatic rings. The molecule has 5 heteroatoms. The molecule has 2 aromatic rings. The summed E-state index contributed by atoms with van der Waals surface area (Å²) in [7, 11) is 0. The Balaban J connectivity index is 1.93. The molecule has 0 bridgehead atoms. The number of imidazole rings is 1. The van der Waals surface area contributed by atoms with E-state index >= 15 is 0 Å². The van der Waals surface area contributed by atoms with E-state index in [0.29, 0.717) is 0 Å². The molecule has 0 radical (unpaired) electrons. The number of carbonyl (C=O) groups is 1. The molecular formula is C12H14N2O2S. The Morgan fingerprint density at radius 1 is 1.53 bits per heavy atom.